The Morgan fingerprint density at radius 3 is 2.07 bits per heavy atom. The third-order valence-corrected chi connectivity index (χ3v) is 7.27. The molecule has 0 saturated heterocycles. The highest BCUT2D eigenvalue weighted by atomic mass is 19.4. The lowest BCUT2D eigenvalue weighted by Crippen LogP contribution is -2.48. The third kappa shape index (κ3) is 7.44. The summed E-state index contributed by atoms with van der Waals surface area (Å²) in [7, 11) is 0. The summed E-state index contributed by atoms with van der Waals surface area (Å²) in [5, 5.41) is 12.1. The maximum atomic E-state index is 13.9. The van der Waals surface area contributed by atoms with Gasteiger partial charge in [0.2, 0.25) is 0 Å². The summed E-state index contributed by atoms with van der Waals surface area (Å²) < 4.78 is 129. The number of amides is 1. The van der Waals surface area contributed by atoms with Gasteiger partial charge in [-0.05, 0) is 78.9 Å². The molecule has 4 rings (SSSR count). The number of anilines is 2. The lowest BCUT2D eigenvalue weighted by molar-refractivity contribution is -0.143. The molecule has 0 N–H and O–H groups in total. The largest absolute Gasteiger partial charge is 0.449 e. The van der Waals surface area contributed by atoms with Crippen molar-refractivity contribution in [3.63, 3.8) is 0 Å². The number of tetrazole rings is 1. The van der Waals surface area contributed by atoms with Crippen molar-refractivity contribution < 1.29 is 49.0 Å². The van der Waals surface area contributed by atoms with E-state index in [0.29, 0.717) is 18.6 Å². The fourth-order valence-corrected chi connectivity index (χ4v) is 5.26. The number of halogens is 9. The van der Waals surface area contributed by atoms with Crippen molar-refractivity contribution in [1.82, 2.24) is 20.2 Å². The number of fused-ring (bicyclic) bond motifs is 1. The Kier molecular flexibility index (Phi) is 9.59. The summed E-state index contributed by atoms with van der Waals surface area (Å²) in [4.78, 5) is 16.6. The molecule has 0 radical (unpaired) electrons. The molecule has 1 aliphatic heterocycles. The lowest BCUT2D eigenvalue weighted by Gasteiger charge is -2.43. The van der Waals surface area contributed by atoms with Crippen molar-refractivity contribution >= 4 is 17.7 Å². The summed E-state index contributed by atoms with van der Waals surface area (Å²) in [5.74, 6) is -0.234. The van der Waals surface area contributed by atoms with Crippen LogP contribution in [0.4, 0.5) is 55.9 Å². The van der Waals surface area contributed by atoms with Gasteiger partial charge in [-0.3, -0.25) is 4.90 Å². The fourth-order valence-electron chi connectivity index (χ4n) is 5.26. The summed E-state index contributed by atoms with van der Waals surface area (Å²) in [5.41, 5.74) is -4.67. The molecule has 2 aromatic carbocycles. The van der Waals surface area contributed by atoms with Gasteiger partial charge >= 0.3 is 24.6 Å². The second kappa shape index (κ2) is 12.7. The SMILES string of the molecule is CCCn1nnc(N(Cc2cc(C(F)(F)F)cc(C(F)(F)F)c2)C2CC(CC)N(C(=O)OCC)c3ccc(C(F)(F)F)cc32)n1. The monoisotopic (exact) mass is 652 g/mol. The maximum Gasteiger partial charge on any atom is 0.416 e. The minimum atomic E-state index is -5.13. The average Bonchev–Trinajstić information content (AvgIpc) is 3.42. The molecule has 45 heavy (non-hydrogen) atoms. The van der Waals surface area contributed by atoms with E-state index in [1.165, 1.54) is 9.80 Å². The molecule has 2 unspecified atom stereocenters. The Labute approximate surface area is 251 Å². The van der Waals surface area contributed by atoms with Gasteiger partial charge in [0.25, 0.3) is 5.95 Å². The lowest BCUT2D eigenvalue weighted by atomic mass is 9.87. The number of alkyl halides is 9. The predicted octanol–water partition coefficient (Wildman–Crippen LogP) is 8.03. The molecule has 0 saturated carbocycles. The van der Waals surface area contributed by atoms with Gasteiger partial charge in [0.05, 0.1) is 41.6 Å². The predicted molar refractivity (Wildman–Crippen MR) is 143 cm³/mol. The molecule has 1 aliphatic rings. The quantitative estimate of drug-likeness (QED) is 0.230. The first-order valence-corrected chi connectivity index (χ1v) is 14.0. The molecule has 246 valence electrons. The minimum absolute atomic E-state index is 0.0144. The van der Waals surface area contributed by atoms with Crippen LogP contribution >= 0.6 is 0 Å². The van der Waals surface area contributed by atoms with E-state index in [2.05, 4.69) is 15.4 Å². The van der Waals surface area contributed by atoms with Crippen LogP contribution < -0.4 is 9.80 Å². The smallest absolute Gasteiger partial charge is 0.416 e. The molecule has 0 spiro atoms. The molecular formula is C28H29F9N6O2. The second-order valence-electron chi connectivity index (χ2n) is 10.4. The summed E-state index contributed by atoms with van der Waals surface area (Å²) >= 11 is 0. The van der Waals surface area contributed by atoms with Gasteiger partial charge in [0.15, 0.2) is 0 Å². The molecule has 0 bridgehead atoms. The van der Waals surface area contributed by atoms with E-state index < -0.39 is 65.5 Å². The van der Waals surface area contributed by atoms with Crippen LogP contribution in [0.5, 0.6) is 0 Å². The molecule has 17 heteroatoms. The molecule has 1 amide bonds. The average molecular weight is 653 g/mol. The van der Waals surface area contributed by atoms with Crippen LogP contribution in [-0.4, -0.2) is 38.9 Å². The Morgan fingerprint density at radius 1 is 0.911 bits per heavy atom. The zero-order chi connectivity index (χ0) is 33.3. The fraction of sp³-hybridized carbons (Fsp3) is 0.500. The number of hydrogen-bond acceptors (Lipinski definition) is 6. The van der Waals surface area contributed by atoms with Gasteiger partial charge in [0, 0.05) is 12.6 Å². The number of benzene rings is 2. The molecular weight excluding hydrogens is 623 g/mol. The van der Waals surface area contributed by atoms with Crippen LogP contribution in [0.2, 0.25) is 0 Å². The van der Waals surface area contributed by atoms with E-state index in [9.17, 15) is 44.3 Å². The highest BCUT2D eigenvalue weighted by Crippen LogP contribution is 2.46. The van der Waals surface area contributed by atoms with Crippen molar-refractivity contribution in [3.8, 4) is 0 Å². The van der Waals surface area contributed by atoms with Crippen LogP contribution in [0.3, 0.4) is 0 Å². The van der Waals surface area contributed by atoms with Crippen LogP contribution in [-0.2, 0) is 36.4 Å². The van der Waals surface area contributed by atoms with Gasteiger partial charge < -0.3 is 9.64 Å². The van der Waals surface area contributed by atoms with Gasteiger partial charge in [-0.2, -0.15) is 44.3 Å². The Balaban J connectivity index is 1.95. The third-order valence-electron chi connectivity index (χ3n) is 7.27. The van der Waals surface area contributed by atoms with E-state index in [4.69, 9.17) is 4.74 Å². The van der Waals surface area contributed by atoms with E-state index in [1.807, 2.05) is 0 Å². The zero-order valence-corrected chi connectivity index (χ0v) is 24.3. The van der Waals surface area contributed by atoms with E-state index in [0.717, 1.165) is 23.0 Å². The first kappa shape index (κ1) is 33.8. The Morgan fingerprint density at radius 2 is 1.53 bits per heavy atom. The van der Waals surface area contributed by atoms with Crippen molar-refractivity contribution in [2.45, 2.75) is 83.7 Å². The Bertz CT molecular complexity index is 1470. The van der Waals surface area contributed by atoms with Gasteiger partial charge in [-0.15, -0.1) is 5.10 Å². The normalized spacial score (nSPS) is 17.3. The first-order chi connectivity index (χ1) is 21.0. The zero-order valence-electron chi connectivity index (χ0n) is 24.3. The van der Waals surface area contributed by atoms with Crippen LogP contribution in [0.25, 0.3) is 0 Å². The molecule has 1 aromatic heterocycles. The second-order valence-corrected chi connectivity index (χ2v) is 10.4. The first-order valence-electron chi connectivity index (χ1n) is 14.0. The molecule has 2 atom stereocenters. The Hall–Kier alpha value is -4.05. The minimum Gasteiger partial charge on any atom is -0.449 e. The highest BCUT2D eigenvalue weighted by molar-refractivity contribution is 5.90. The number of nitrogens with zero attached hydrogens (tertiary/aromatic N) is 6. The van der Waals surface area contributed by atoms with E-state index in [-0.39, 0.29) is 49.3 Å². The van der Waals surface area contributed by atoms with Crippen molar-refractivity contribution in [1.29, 1.82) is 0 Å². The number of ether oxygens (including phenoxy) is 1. The highest BCUT2D eigenvalue weighted by Gasteiger charge is 2.43. The standard InChI is InChI=1S/C28H29F9N6O2/c1-4-9-42-39-24(38-40-42)41(15-16-10-18(27(32,33)34)12-19(11-16)28(35,36)37)23-14-20(5-2)43(25(44)45-6-3)22-8-7-17(13-21(22)23)26(29,30)31/h7-8,10-13,20,23H,4-6,9,14-15H2,1-3H3. The van der Waals surface area contributed by atoms with E-state index in [1.54, 1.807) is 20.8 Å². The van der Waals surface area contributed by atoms with Crippen molar-refractivity contribution in [2.24, 2.45) is 0 Å². The molecule has 0 fully saturated rings. The van der Waals surface area contributed by atoms with Gasteiger partial charge in [-0.25, -0.2) is 4.79 Å². The van der Waals surface area contributed by atoms with Gasteiger partial charge in [0.1, 0.15) is 0 Å². The number of rotatable bonds is 8. The summed E-state index contributed by atoms with van der Waals surface area (Å²) in [6.07, 6.45) is -15.2. The topological polar surface area (TPSA) is 76.4 Å². The van der Waals surface area contributed by atoms with Crippen LogP contribution in [0, 0.1) is 0 Å². The molecule has 8 nitrogen and oxygen atoms in total. The number of aromatic nitrogens is 4. The van der Waals surface area contributed by atoms with Crippen LogP contribution in [0.15, 0.2) is 36.4 Å². The molecule has 0 aliphatic carbocycles. The summed E-state index contributed by atoms with van der Waals surface area (Å²) in [6, 6.07) is 1.92. The molecule has 3 aromatic rings. The number of carbonyl (C=O) groups excluding carboxylic acids is 1. The van der Waals surface area contributed by atoms with E-state index >= 15 is 0 Å². The molecule has 2 heterocycles. The maximum absolute atomic E-state index is 13.9. The number of carbonyl (C=O) groups is 1. The number of hydrogen-bond donors (Lipinski definition) is 0. The van der Waals surface area contributed by atoms with Crippen molar-refractivity contribution in [3.05, 3.63) is 64.2 Å². The van der Waals surface area contributed by atoms with Crippen molar-refractivity contribution in [2.75, 3.05) is 16.4 Å². The van der Waals surface area contributed by atoms with Crippen LogP contribution in [0.1, 0.15) is 73.9 Å². The number of aryl methyl sites for hydroxylation is 1. The van der Waals surface area contributed by atoms with Gasteiger partial charge in [-0.1, -0.05) is 18.9 Å². The summed E-state index contributed by atoms with van der Waals surface area (Å²) in [6.45, 7) is 4.63.